The van der Waals surface area contributed by atoms with Crippen LogP contribution in [0.4, 0.5) is 0 Å². The molecule has 0 amide bonds. The van der Waals surface area contributed by atoms with Gasteiger partial charge in [0, 0.05) is 0 Å². The SMILES string of the molecule is O=c1c(Br)nc2c(=O)c(Br)nc1=2. The molecular weight excluding hydrogens is 292 g/mol. The molecule has 0 saturated heterocycles. The van der Waals surface area contributed by atoms with Gasteiger partial charge in [0.1, 0.15) is 10.7 Å². The first-order valence-corrected chi connectivity index (χ1v) is 4.52. The third-order valence-electron chi connectivity index (χ3n) is 1.45. The first-order valence-electron chi connectivity index (χ1n) is 2.93. The van der Waals surface area contributed by atoms with E-state index in [0.29, 0.717) is 0 Å². The molecule has 2 heterocycles. The molecule has 0 aliphatic carbocycles. The first kappa shape index (κ1) is 8.00. The molecule has 4 nitrogen and oxygen atoms in total. The highest BCUT2D eigenvalue weighted by Gasteiger charge is 2.12. The van der Waals surface area contributed by atoms with Gasteiger partial charge in [0.2, 0.25) is 10.9 Å². The smallest absolute Gasteiger partial charge is 0.239 e. The molecule has 0 unspecified atom stereocenters. The predicted molar refractivity (Wildman–Crippen MR) is 47.6 cm³/mol. The van der Waals surface area contributed by atoms with Crippen LogP contribution >= 0.6 is 31.9 Å². The first-order chi connectivity index (χ1) is 5.61. The second-order valence-electron chi connectivity index (χ2n) is 2.16. The van der Waals surface area contributed by atoms with Crippen molar-refractivity contribution in [2.45, 2.75) is 0 Å². The summed E-state index contributed by atoms with van der Waals surface area (Å²) < 4.78 is 0.286. The van der Waals surface area contributed by atoms with Crippen LogP contribution in [0.15, 0.2) is 18.8 Å². The summed E-state index contributed by atoms with van der Waals surface area (Å²) in [7, 11) is 0. The van der Waals surface area contributed by atoms with Crippen LogP contribution in [0.3, 0.4) is 0 Å². The molecule has 6 heteroatoms. The Morgan fingerprint density at radius 1 is 0.833 bits per heavy atom. The topological polar surface area (TPSA) is 59.9 Å². The highest BCUT2D eigenvalue weighted by molar-refractivity contribution is 9.10. The van der Waals surface area contributed by atoms with Crippen molar-refractivity contribution in [1.82, 2.24) is 9.97 Å². The maximum atomic E-state index is 11.2. The minimum absolute atomic E-state index is 0.124. The zero-order valence-corrected chi connectivity index (χ0v) is 8.64. The summed E-state index contributed by atoms with van der Waals surface area (Å²) in [4.78, 5) is 29.8. The maximum Gasteiger partial charge on any atom is 0.239 e. The van der Waals surface area contributed by atoms with Crippen LogP contribution < -0.4 is 10.9 Å². The number of rotatable bonds is 0. The van der Waals surface area contributed by atoms with Gasteiger partial charge in [-0.1, -0.05) is 0 Å². The van der Waals surface area contributed by atoms with E-state index in [0.717, 1.165) is 0 Å². The lowest BCUT2D eigenvalue weighted by Gasteiger charge is -1.72. The summed E-state index contributed by atoms with van der Waals surface area (Å²) in [5, 5.41) is 0.248. The van der Waals surface area contributed by atoms with Crippen LogP contribution in [-0.4, -0.2) is 9.97 Å². The van der Waals surface area contributed by atoms with Crippen molar-refractivity contribution >= 4 is 31.9 Å². The van der Waals surface area contributed by atoms with Crippen molar-refractivity contribution < 1.29 is 0 Å². The van der Waals surface area contributed by atoms with Gasteiger partial charge in [-0.05, 0) is 31.9 Å². The monoisotopic (exact) mass is 290 g/mol. The molecule has 0 fully saturated rings. The van der Waals surface area contributed by atoms with E-state index in [9.17, 15) is 9.59 Å². The second kappa shape index (κ2) is 2.43. The number of halogens is 2. The zero-order valence-electron chi connectivity index (χ0n) is 5.47. The van der Waals surface area contributed by atoms with Crippen molar-refractivity contribution in [1.29, 1.82) is 0 Å². The van der Waals surface area contributed by atoms with Crippen LogP contribution in [0.1, 0.15) is 0 Å². The molecule has 0 saturated carbocycles. The van der Waals surface area contributed by atoms with Crippen LogP contribution in [0, 0.1) is 10.7 Å². The van der Waals surface area contributed by atoms with Crippen molar-refractivity contribution in [2.75, 3.05) is 0 Å². The summed E-state index contributed by atoms with van der Waals surface area (Å²) in [5.41, 5.74) is -0.680. The molecule has 2 aliphatic heterocycles. The third kappa shape index (κ3) is 0.879. The molecule has 0 spiro atoms. The molecule has 0 radical (unpaired) electrons. The lowest BCUT2D eigenvalue weighted by Crippen LogP contribution is -1.99. The van der Waals surface area contributed by atoms with Crippen LogP contribution in [0.5, 0.6) is 0 Å². The van der Waals surface area contributed by atoms with Crippen molar-refractivity contribution in [3.63, 3.8) is 0 Å². The highest BCUT2D eigenvalue weighted by Crippen LogP contribution is 2.03. The molecular formula is C6Br2N2O2. The van der Waals surface area contributed by atoms with E-state index >= 15 is 0 Å². The van der Waals surface area contributed by atoms with Crippen LogP contribution in [-0.2, 0) is 0 Å². The fourth-order valence-electron chi connectivity index (χ4n) is 0.916. The van der Waals surface area contributed by atoms with Gasteiger partial charge in [0.05, 0.1) is 0 Å². The van der Waals surface area contributed by atoms with Gasteiger partial charge >= 0.3 is 0 Å². The predicted octanol–water partition coefficient (Wildman–Crippen LogP) is 0.322. The molecule has 2 aliphatic rings. The Bertz CT molecular complexity index is 532. The summed E-state index contributed by atoms with van der Waals surface area (Å²) in [6, 6.07) is 0. The normalized spacial score (nSPS) is 11.2. The van der Waals surface area contributed by atoms with Gasteiger partial charge in [-0.25, -0.2) is 9.97 Å². The number of hydrogen-bond donors (Lipinski definition) is 0. The fourth-order valence-corrected chi connectivity index (χ4v) is 1.65. The molecule has 0 atom stereocenters. The highest BCUT2D eigenvalue weighted by atomic mass is 79.9. The standard InChI is InChI=1S/C6Br2N2O2/c7-5-3(11)1-2(10-5)4(12)6(8)9-1. The number of aromatic nitrogens is 2. The van der Waals surface area contributed by atoms with Gasteiger partial charge in [0.15, 0.2) is 9.21 Å². The average Bonchev–Trinajstić information content (AvgIpc) is 2.43. The Balaban J connectivity index is 3.21. The Morgan fingerprint density at radius 3 is 1.50 bits per heavy atom. The van der Waals surface area contributed by atoms with E-state index in [2.05, 4.69) is 41.8 Å². The second-order valence-corrected chi connectivity index (χ2v) is 3.66. The third-order valence-corrected chi connectivity index (χ3v) is 2.52. The van der Waals surface area contributed by atoms with Crippen LogP contribution in [0.2, 0.25) is 0 Å². The average molecular weight is 292 g/mol. The van der Waals surface area contributed by atoms with E-state index in [4.69, 9.17) is 0 Å². The van der Waals surface area contributed by atoms with Gasteiger partial charge < -0.3 is 0 Å². The molecule has 0 aromatic carbocycles. The number of nitrogens with zero attached hydrogens (tertiary/aromatic N) is 2. The largest absolute Gasteiger partial charge is 0.284 e. The van der Waals surface area contributed by atoms with E-state index in [-0.39, 0.29) is 30.8 Å². The van der Waals surface area contributed by atoms with E-state index in [1.165, 1.54) is 0 Å². The summed E-state index contributed by atoms with van der Waals surface area (Å²) >= 11 is 5.86. The molecule has 0 N–H and O–H groups in total. The van der Waals surface area contributed by atoms with Crippen molar-refractivity contribution in [3.8, 4) is 0 Å². The molecule has 12 heavy (non-hydrogen) atoms. The molecule has 60 valence electrons. The fraction of sp³-hybridized carbons (Fsp3) is 0. The van der Waals surface area contributed by atoms with E-state index < -0.39 is 0 Å². The summed E-state index contributed by atoms with van der Waals surface area (Å²) in [6.07, 6.45) is 0. The minimum Gasteiger partial charge on any atom is -0.284 e. The Labute approximate surface area is 82.3 Å². The maximum absolute atomic E-state index is 11.2. The van der Waals surface area contributed by atoms with Crippen molar-refractivity contribution in [2.24, 2.45) is 0 Å². The molecule has 0 bridgehead atoms. The summed E-state index contributed by atoms with van der Waals surface area (Å²) in [6.45, 7) is 0. The van der Waals surface area contributed by atoms with Gasteiger partial charge in [-0.3, -0.25) is 9.59 Å². The van der Waals surface area contributed by atoms with Crippen molar-refractivity contribution in [3.05, 3.63) is 40.4 Å². The van der Waals surface area contributed by atoms with Gasteiger partial charge in [-0.15, -0.1) is 0 Å². The minimum atomic E-state index is -0.340. The Morgan fingerprint density at radius 2 is 1.17 bits per heavy atom. The van der Waals surface area contributed by atoms with E-state index in [1.54, 1.807) is 0 Å². The zero-order chi connectivity index (χ0) is 8.88. The Kier molecular flexibility index (Phi) is 1.62. The lowest BCUT2D eigenvalue weighted by atomic mass is 10.5. The Hall–Kier alpha value is -0.620. The van der Waals surface area contributed by atoms with Crippen LogP contribution in [0.25, 0.3) is 0 Å². The quantitative estimate of drug-likeness (QED) is 0.701. The van der Waals surface area contributed by atoms with Gasteiger partial charge in [0.25, 0.3) is 0 Å². The number of hydrogen-bond acceptors (Lipinski definition) is 4. The van der Waals surface area contributed by atoms with E-state index in [1.807, 2.05) is 0 Å². The molecule has 2 rings (SSSR count). The molecule has 0 aromatic rings. The summed E-state index contributed by atoms with van der Waals surface area (Å²) in [5.74, 6) is 0. The molecule has 0 aromatic heterocycles. The lowest BCUT2D eigenvalue weighted by molar-refractivity contribution is 1.23. The van der Waals surface area contributed by atoms with Gasteiger partial charge in [-0.2, -0.15) is 0 Å².